The van der Waals surface area contributed by atoms with Crippen LogP contribution < -0.4 is 4.90 Å². The van der Waals surface area contributed by atoms with Crippen molar-refractivity contribution in [2.45, 2.75) is 0 Å². The van der Waals surface area contributed by atoms with Gasteiger partial charge in [-0.25, -0.2) is 0 Å². The molecule has 16 aromatic rings. The summed E-state index contributed by atoms with van der Waals surface area (Å²) in [6, 6.07) is 109. The molecule has 0 amide bonds. The number of hydrogen-bond donors (Lipinski definition) is 0. The summed E-state index contributed by atoms with van der Waals surface area (Å²) in [7, 11) is 0. The summed E-state index contributed by atoms with van der Waals surface area (Å²) in [6.45, 7) is 0. The maximum Gasteiger partial charge on any atom is 0.143 e. The minimum Gasteiger partial charge on any atom is -0.455 e. The van der Waals surface area contributed by atoms with Crippen molar-refractivity contribution in [3.05, 3.63) is 303 Å². The molecule has 0 N–H and O–H groups in total. The molecule has 16 rings (SSSR count). The quantitative estimate of drug-likeness (QED) is 0.137. The number of aromatic nitrogens is 1. The van der Waals surface area contributed by atoms with E-state index in [0.717, 1.165) is 122 Å². The molecule has 3 heterocycles. The predicted octanol–water partition coefficient (Wildman–Crippen LogP) is 22.1. The largest absolute Gasteiger partial charge is 0.455 e. The molecule has 0 saturated carbocycles. The third kappa shape index (κ3) is 8.07. The summed E-state index contributed by atoms with van der Waals surface area (Å²) < 4.78 is 15.3. The van der Waals surface area contributed by atoms with Gasteiger partial charge in [0.15, 0.2) is 0 Å². The van der Waals surface area contributed by atoms with Crippen molar-refractivity contribution in [3.8, 4) is 72.4 Å². The van der Waals surface area contributed by atoms with E-state index in [-0.39, 0.29) is 0 Å². The molecule has 0 fully saturated rings. The highest BCUT2D eigenvalue weighted by Gasteiger charge is 2.20. The van der Waals surface area contributed by atoms with Crippen LogP contribution in [0.4, 0.5) is 17.1 Å². The van der Waals surface area contributed by atoms with Gasteiger partial charge in [-0.05, 0) is 141 Å². The minimum atomic E-state index is 0.902. The zero-order valence-electron chi connectivity index (χ0n) is 44.6. The van der Waals surface area contributed by atoms with Crippen LogP contribution in [0.3, 0.4) is 0 Å². The van der Waals surface area contributed by atoms with Gasteiger partial charge in [0.05, 0.1) is 11.0 Å². The molecule has 384 valence electrons. The maximum atomic E-state index is 6.46. The van der Waals surface area contributed by atoms with Crippen molar-refractivity contribution in [1.82, 2.24) is 4.57 Å². The first-order chi connectivity index (χ1) is 40.6. The van der Waals surface area contributed by atoms with Gasteiger partial charge in [0.1, 0.15) is 22.3 Å². The average Bonchev–Trinajstić information content (AvgIpc) is 4.26. The highest BCUT2D eigenvalue weighted by atomic mass is 16.3. The lowest BCUT2D eigenvalue weighted by molar-refractivity contribution is 0.669. The predicted molar refractivity (Wildman–Crippen MR) is 343 cm³/mol. The van der Waals surface area contributed by atoms with E-state index in [1.54, 1.807) is 0 Å². The molecule has 3 aromatic heterocycles. The number of benzene rings is 13. The lowest BCUT2D eigenvalue weighted by atomic mass is 9.97. The number of rotatable bonds is 10. The van der Waals surface area contributed by atoms with E-state index in [2.05, 4.69) is 289 Å². The van der Waals surface area contributed by atoms with Crippen molar-refractivity contribution in [2.75, 3.05) is 4.90 Å². The second kappa shape index (κ2) is 19.5. The number of furan rings is 2. The normalized spacial score (nSPS) is 11.7. The zero-order chi connectivity index (χ0) is 54.1. The van der Waals surface area contributed by atoms with Crippen LogP contribution in [-0.4, -0.2) is 4.57 Å². The molecule has 13 aromatic carbocycles. The number of para-hydroxylation sites is 4. The third-order valence-corrected chi connectivity index (χ3v) is 16.5. The molecule has 0 aliphatic rings. The van der Waals surface area contributed by atoms with Crippen LogP contribution in [0.2, 0.25) is 0 Å². The van der Waals surface area contributed by atoms with Gasteiger partial charge in [0, 0.05) is 66.2 Å². The molecular formula is C78H50N2O2. The molecule has 0 unspecified atom stereocenters. The second-order valence-electron chi connectivity index (χ2n) is 21.2. The van der Waals surface area contributed by atoms with E-state index >= 15 is 0 Å². The fourth-order valence-electron chi connectivity index (χ4n) is 12.4. The Labute approximate surface area is 474 Å². The van der Waals surface area contributed by atoms with Gasteiger partial charge in [-0.15, -0.1) is 0 Å². The van der Waals surface area contributed by atoms with Gasteiger partial charge in [-0.1, -0.05) is 218 Å². The first-order valence-electron chi connectivity index (χ1n) is 28.0. The maximum absolute atomic E-state index is 6.46. The van der Waals surface area contributed by atoms with Crippen LogP contribution in [0.5, 0.6) is 0 Å². The van der Waals surface area contributed by atoms with Crippen LogP contribution in [0.25, 0.3) is 138 Å². The molecular weight excluding hydrogens is 997 g/mol. The number of hydrogen-bond acceptors (Lipinski definition) is 3. The third-order valence-electron chi connectivity index (χ3n) is 16.5. The van der Waals surface area contributed by atoms with Crippen LogP contribution in [-0.2, 0) is 0 Å². The van der Waals surface area contributed by atoms with Gasteiger partial charge in [0.25, 0.3) is 0 Å². The van der Waals surface area contributed by atoms with E-state index in [9.17, 15) is 0 Å². The van der Waals surface area contributed by atoms with Crippen molar-refractivity contribution in [3.63, 3.8) is 0 Å². The molecule has 0 aliphatic carbocycles. The summed E-state index contributed by atoms with van der Waals surface area (Å²) in [5.74, 6) is 0. The smallest absolute Gasteiger partial charge is 0.143 e. The Morgan fingerprint density at radius 2 is 0.561 bits per heavy atom. The topological polar surface area (TPSA) is 34.5 Å². The molecule has 0 radical (unpaired) electrons. The van der Waals surface area contributed by atoms with Crippen molar-refractivity contribution >= 4 is 82.7 Å². The van der Waals surface area contributed by atoms with E-state index < -0.39 is 0 Å². The summed E-state index contributed by atoms with van der Waals surface area (Å²) in [6.07, 6.45) is 0. The summed E-state index contributed by atoms with van der Waals surface area (Å²) >= 11 is 0. The van der Waals surface area contributed by atoms with E-state index in [1.807, 2.05) is 24.3 Å². The van der Waals surface area contributed by atoms with Crippen LogP contribution in [0.1, 0.15) is 0 Å². The van der Waals surface area contributed by atoms with Crippen molar-refractivity contribution < 1.29 is 8.83 Å². The number of anilines is 3. The van der Waals surface area contributed by atoms with Crippen LogP contribution >= 0.6 is 0 Å². The van der Waals surface area contributed by atoms with Crippen molar-refractivity contribution in [1.29, 1.82) is 0 Å². The Morgan fingerprint density at radius 1 is 0.232 bits per heavy atom. The fraction of sp³-hybridized carbons (Fsp3) is 0. The molecule has 0 saturated heterocycles. The van der Waals surface area contributed by atoms with Gasteiger partial charge in [-0.2, -0.15) is 0 Å². The Bertz CT molecular complexity index is 4740. The van der Waals surface area contributed by atoms with Crippen LogP contribution in [0.15, 0.2) is 312 Å². The first-order valence-corrected chi connectivity index (χ1v) is 28.0. The highest BCUT2D eigenvalue weighted by Crippen LogP contribution is 2.43. The van der Waals surface area contributed by atoms with Crippen LogP contribution in [0, 0.1) is 0 Å². The van der Waals surface area contributed by atoms with E-state index in [0.29, 0.717) is 0 Å². The average molecular weight is 1050 g/mol. The Morgan fingerprint density at radius 3 is 1.00 bits per heavy atom. The lowest BCUT2D eigenvalue weighted by Gasteiger charge is -2.26. The minimum absolute atomic E-state index is 0.902. The lowest BCUT2D eigenvalue weighted by Crippen LogP contribution is -2.10. The highest BCUT2D eigenvalue weighted by molar-refractivity contribution is 6.13. The molecule has 4 nitrogen and oxygen atoms in total. The summed E-state index contributed by atoms with van der Waals surface area (Å²) in [5.41, 5.74) is 23.9. The Hall–Kier alpha value is -10.9. The summed E-state index contributed by atoms with van der Waals surface area (Å²) in [5, 5.41) is 6.89. The molecule has 0 spiro atoms. The summed E-state index contributed by atoms with van der Waals surface area (Å²) in [4.78, 5) is 2.35. The second-order valence-corrected chi connectivity index (χ2v) is 21.2. The molecule has 0 aliphatic heterocycles. The SMILES string of the molecule is c1ccc(-c2ccc(N(c3ccc(-c4ccccc4)cc3)c3ccc(-n4c5ccc(-c6ccc(-c7cccc8c7oc7ccccc78)cc6)cc5c5cc(-c6ccc(-c7cccc8c7oc7ccccc78)cc6)ccc54)cc3)cc2)cc1. The number of fused-ring (bicyclic) bond motifs is 9. The molecule has 0 atom stereocenters. The Balaban J connectivity index is 0.796. The standard InChI is InChI=1S/C78H50N2O2/c1-3-13-51(14-4-1)53-33-39-61(40-34-53)79(62-41-35-54(36-42-62)52-15-5-2-6-16-52)63-43-45-64(46-44-63)80-73-47-37-59(55-25-29-57(30-26-55)65-19-11-21-69-67-17-7-9-23-75(67)81-77(65)69)49-71(73)72-50-60(38-48-74(72)80)56-27-31-58(32-28-56)66-20-12-22-70-68-18-8-10-24-76(68)82-78(66)70/h1-50H. The van der Waals surface area contributed by atoms with Gasteiger partial charge in [-0.3, -0.25) is 0 Å². The fourth-order valence-corrected chi connectivity index (χ4v) is 12.4. The zero-order valence-corrected chi connectivity index (χ0v) is 44.6. The molecule has 82 heavy (non-hydrogen) atoms. The first kappa shape index (κ1) is 47.1. The molecule has 0 bridgehead atoms. The van der Waals surface area contributed by atoms with Gasteiger partial charge >= 0.3 is 0 Å². The van der Waals surface area contributed by atoms with E-state index in [1.165, 1.54) is 33.0 Å². The van der Waals surface area contributed by atoms with Crippen molar-refractivity contribution in [2.24, 2.45) is 0 Å². The number of nitrogens with zero attached hydrogens (tertiary/aromatic N) is 2. The van der Waals surface area contributed by atoms with Gasteiger partial charge in [0.2, 0.25) is 0 Å². The molecule has 4 heteroatoms. The van der Waals surface area contributed by atoms with Gasteiger partial charge < -0.3 is 18.3 Å². The Kier molecular flexibility index (Phi) is 11.2. The van der Waals surface area contributed by atoms with E-state index in [4.69, 9.17) is 8.83 Å². The monoisotopic (exact) mass is 1050 g/mol.